The van der Waals surface area contributed by atoms with Crippen LogP contribution in [-0.2, 0) is 4.74 Å². The number of fused-ring (bicyclic) bond motifs is 1. The van der Waals surface area contributed by atoms with Gasteiger partial charge < -0.3 is 14.7 Å². The molecular weight excluding hydrogens is 328 g/mol. The SMILES string of the molecule is CCOC(=O)c1sc2ncnc(N3CCN(CCO)CC3)c2c1C. The molecule has 0 aromatic carbocycles. The summed E-state index contributed by atoms with van der Waals surface area (Å²) in [4.78, 5) is 26.8. The molecule has 0 bridgehead atoms. The van der Waals surface area contributed by atoms with E-state index in [4.69, 9.17) is 9.84 Å². The minimum atomic E-state index is -0.295. The Kier molecular flexibility index (Phi) is 5.27. The van der Waals surface area contributed by atoms with Gasteiger partial charge in [-0.2, -0.15) is 0 Å². The zero-order chi connectivity index (χ0) is 17.1. The number of nitrogens with zero attached hydrogens (tertiary/aromatic N) is 4. The molecule has 0 aliphatic carbocycles. The van der Waals surface area contributed by atoms with Crippen LogP contribution in [0.15, 0.2) is 6.33 Å². The molecule has 130 valence electrons. The quantitative estimate of drug-likeness (QED) is 0.814. The number of piperazine rings is 1. The highest BCUT2D eigenvalue weighted by Crippen LogP contribution is 2.35. The van der Waals surface area contributed by atoms with E-state index in [9.17, 15) is 4.79 Å². The number of aliphatic hydroxyl groups excluding tert-OH is 1. The molecule has 2 aromatic rings. The van der Waals surface area contributed by atoms with Gasteiger partial charge in [0, 0.05) is 32.7 Å². The molecule has 0 unspecified atom stereocenters. The minimum Gasteiger partial charge on any atom is -0.462 e. The molecule has 1 fully saturated rings. The molecule has 3 rings (SSSR count). The lowest BCUT2D eigenvalue weighted by Crippen LogP contribution is -2.47. The van der Waals surface area contributed by atoms with Gasteiger partial charge in [-0.3, -0.25) is 4.90 Å². The summed E-state index contributed by atoms with van der Waals surface area (Å²) in [6.45, 7) is 8.45. The van der Waals surface area contributed by atoms with Crippen LogP contribution in [0.25, 0.3) is 10.2 Å². The average molecular weight is 350 g/mol. The molecule has 0 amide bonds. The molecule has 8 heteroatoms. The number of carbonyl (C=O) groups is 1. The molecule has 1 N–H and O–H groups in total. The van der Waals surface area contributed by atoms with Gasteiger partial charge in [-0.25, -0.2) is 14.8 Å². The zero-order valence-corrected chi connectivity index (χ0v) is 14.8. The molecule has 0 spiro atoms. The summed E-state index contributed by atoms with van der Waals surface area (Å²) in [5.41, 5.74) is 0.891. The third-order valence-corrected chi connectivity index (χ3v) is 5.44. The highest BCUT2D eigenvalue weighted by atomic mass is 32.1. The van der Waals surface area contributed by atoms with E-state index in [2.05, 4.69) is 19.8 Å². The van der Waals surface area contributed by atoms with Crippen molar-refractivity contribution in [1.82, 2.24) is 14.9 Å². The number of aromatic nitrogens is 2. The Morgan fingerprint density at radius 3 is 2.75 bits per heavy atom. The van der Waals surface area contributed by atoms with Crippen molar-refractivity contribution in [2.75, 3.05) is 50.8 Å². The molecule has 24 heavy (non-hydrogen) atoms. The molecule has 0 radical (unpaired) electrons. The Bertz CT molecular complexity index is 725. The van der Waals surface area contributed by atoms with Crippen LogP contribution in [0.2, 0.25) is 0 Å². The summed E-state index contributed by atoms with van der Waals surface area (Å²) >= 11 is 1.36. The van der Waals surface area contributed by atoms with Crippen molar-refractivity contribution in [3.63, 3.8) is 0 Å². The van der Waals surface area contributed by atoms with Crippen LogP contribution in [0.3, 0.4) is 0 Å². The smallest absolute Gasteiger partial charge is 0.348 e. The number of esters is 1. The first-order chi connectivity index (χ1) is 11.7. The first-order valence-corrected chi connectivity index (χ1v) is 8.96. The van der Waals surface area contributed by atoms with Gasteiger partial charge in [0.15, 0.2) is 0 Å². The lowest BCUT2D eigenvalue weighted by molar-refractivity contribution is 0.0531. The van der Waals surface area contributed by atoms with E-state index in [0.717, 1.165) is 47.8 Å². The van der Waals surface area contributed by atoms with E-state index in [1.165, 1.54) is 11.3 Å². The first-order valence-electron chi connectivity index (χ1n) is 8.15. The number of β-amino-alcohol motifs (C(OH)–C–C–N with tert-alkyl or cyclic N) is 1. The molecular formula is C16H22N4O3S. The summed E-state index contributed by atoms with van der Waals surface area (Å²) in [7, 11) is 0. The van der Waals surface area contributed by atoms with Crippen LogP contribution in [-0.4, -0.2) is 71.9 Å². The molecule has 1 saturated heterocycles. The van der Waals surface area contributed by atoms with Crippen LogP contribution in [0.4, 0.5) is 5.82 Å². The Balaban J connectivity index is 1.90. The number of hydrogen-bond acceptors (Lipinski definition) is 8. The fourth-order valence-corrected chi connectivity index (χ4v) is 4.05. The summed E-state index contributed by atoms with van der Waals surface area (Å²) < 4.78 is 5.14. The standard InChI is InChI=1S/C16H22N4O3S/c1-3-23-16(22)13-11(2)12-14(17-10-18-15(12)24-13)20-6-4-19(5-7-20)8-9-21/h10,21H,3-9H2,1-2H3. The number of ether oxygens (including phenoxy) is 1. The van der Waals surface area contributed by atoms with Crippen LogP contribution in [0, 0.1) is 6.92 Å². The van der Waals surface area contributed by atoms with E-state index >= 15 is 0 Å². The molecule has 2 aromatic heterocycles. The van der Waals surface area contributed by atoms with Crippen LogP contribution in [0.1, 0.15) is 22.2 Å². The number of rotatable bonds is 5. The van der Waals surface area contributed by atoms with Gasteiger partial charge >= 0.3 is 5.97 Å². The van der Waals surface area contributed by atoms with Crippen molar-refractivity contribution in [2.45, 2.75) is 13.8 Å². The summed E-state index contributed by atoms with van der Waals surface area (Å²) in [6, 6.07) is 0. The second-order valence-corrected chi connectivity index (χ2v) is 6.71. The number of aliphatic hydroxyl groups is 1. The molecule has 1 aliphatic rings. The van der Waals surface area contributed by atoms with E-state index < -0.39 is 0 Å². The van der Waals surface area contributed by atoms with E-state index in [0.29, 0.717) is 18.0 Å². The lowest BCUT2D eigenvalue weighted by Gasteiger charge is -2.35. The fourth-order valence-electron chi connectivity index (χ4n) is 3.01. The maximum absolute atomic E-state index is 12.1. The maximum Gasteiger partial charge on any atom is 0.348 e. The monoisotopic (exact) mass is 350 g/mol. The topological polar surface area (TPSA) is 78.8 Å². The van der Waals surface area contributed by atoms with Crippen molar-refractivity contribution in [1.29, 1.82) is 0 Å². The van der Waals surface area contributed by atoms with E-state index in [-0.39, 0.29) is 12.6 Å². The Labute approximate surface area is 144 Å². The minimum absolute atomic E-state index is 0.185. The number of anilines is 1. The molecule has 0 atom stereocenters. The lowest BCUT2D eigenvalue weighted by atomic mass is 10.2. The largest absolute Gasteiger partial charge is 0.462 e. The number of carbonyl (C=O) groups excluding carboxylic acids is 1. The molecule has 7 nitrogen and oxygen atoms in total. The second-order valence-electron chi connectivity index (χ2n) is 5.71. The molecule has 0 saturated carbocycles. The molecule has 1 aliphatic heterocycles. The summed E-state index contributed by atoms with van der Waals surface area (Å²) in [5, 5.41) is 10.0. The second kappa shape index (κ2) is 7.42. The van der Waals surface area contributed by atoms with Crippen molar-refractivity contribution < 1.29 is 14.6 Å². The van der Waals surface area contributed by atoms with Crippen molar-refractivity contribution in [3.8, 4) is 0 Å². The third kappa shape index (κ3) is 3.22. The first kappa shape index (κ1) is 17.1. The number of hydrogen-bond donors (Lipinski definition) is 1. The van der Waals surface area contributed by atoms with E-state index in [1.54, 1.807) is 13.3 Å². The van der Waals surface area contributed by atoms with Crippen molar-refractivity contribution in [3.05, 3.63) is 16.8 Å². The van der Waals surface area contributed by atoms with Gasteiger partial charge in [0.1, 0.15) is 21.9 Å². The predicted molar refractivity (Wildman–Crippen MR) is 93.8 cm³/mol. The number of thiophene rings is 1. The number of aryl methyl sites for hydroxylation is 1. The summed E-state index contributed by atoms with van der Waals surface area (Å²) in [6.07, 6.45) is 1.56. The van der Waals surface area contributed by atoms with Gasteiger partial charge in [0.2, 0.25) is 0 Å². The van der Waals surface area contributed by atoms with E-state index in [1.807, 2.05) is 6.92 Å². The van der Waals surface area contributed by atoms with Crippen molar-refractivity contribution >= 4 is 33.3 Å². The van der Waals surface area contributed by atoms with Gasteiger partial charge in [-0.1, -0.05) is 0 Å². The van der Waals surface area contributed by atoms with Crippen LogP contribution in [0.5, 0.6) is 0 Å². The Hall–Kier alpha value is -1.77. The highest BCUT2D eigenvalue weighted by Gasteiger charge is 2.24. The zero-order valence-electron chi connectivity index (χ0n) is 14.0. The normalized spacial score (nSPS) is 15.9. The van der Waals surface area contributed by atoms with Crippen LogP contribution < -0.4 is 4.90 Å². The Morgan fingerprint density at radius 2 is 2.08 bits per heavy atom. The average Bonchev–Trinajstić information content (AvgIpc) is 2.93. The van der Waals surface area contributed by atoms with Crippen molar-refractivity contribution in [2.24, 2.45) is 0 Å². The van der Waals surface area contributed by atoms with Crippen LogP contribution >= 0.6 is 11.3 Å². The highest BCUT2D eigenvalue weighted by molar-refractivity contribution is 7.20. The molecule has 3 heterocycles. The van der Waals surface area contributed by atoms with Gasteiger partial charge in [-0.05, 0) is 19.4 Å². The maximum atomic E-state index is 12.1. The fraction of sp³-hybridized carbons (Fsp3) is 0.562. The Morgan fingerprint density at radius 1 is 1.33 bits per heavy atom. The van der Waals surface area contributed by atoms with Gasteiger partial charge in [-0.15, -0.1) is 11.3 Å². The van der Waals surface area contributed by atoms with Gasteiger partial charge in [0.05, 0.1) is 18.6 Å². The predicted octanol–water partition coefficient (Wildman–Crippen LogP) is 1.29. The summed E-state index contributed by atoms with van der Waals surface area (Å²) in [5.74, 6) is 0.588. The third-order valence-electron chi connectivity index (χ3n) is 4.26. The van der Waals surface area contributed by atoms with Gasteiger partial charge in [0.25, 0.3) is 0 Å².